The largest absolute Gasteiger partial charge is 0.485 e. The van der Waals surface area contributed by atoms with E-state index >= 15 is 0 Å². The number of amides is 1. The normalized spacial score (nSPS) is 11.7. The third kappa shape index (κ3) is 5.63. The molecule has 4 aromatic rings. The van der Waals surface area contributed by atoms with Gasteiger partial charge in [-0.15, -0.1) is 0 Å². The average Bonchev–Trinajstić information content (AvgIpc) is 3.35. The Bertz CT molecular complexity index is 1480. The van der Waals surface area contributed by atoms with E-state index in [1.807, 2.05) is 0 Å². The van der Waals surface area contributed by atoms with Crippen LogP contribution in [0.25, 0.3) is 5.65 Å². The summed E-state index contributed by atoms with van der Waals surface area (Å²) in [5, 5.41) is 6.77. The highest BCUT2D eigenvalue weighted by Gasteiger charge is 2.20. The van der Waals surface area contributed by atoms with E-state index in [0.717, 1.165) is 18.4 Å². The summed E-state index contributed by atoms with van der Waals surface area (Å²) < 4.78 is 63.2. The van der Waals surface area contributed by atoms with Gasteiger partial charge in [-0.2, -0.15) is 13.5 Å². The van der Waals surface area contributed by atoms with Gasteiger partial charge in [-0.1, -0.05) is 6.07 Å². The van der Waals surface area contributed by atoms with Crippen LogP contribution in [-0.4, -0.2) is 46.4 Å². The van der Waals surface area contributed by atoms with Crippen LogP contribution < -0.4 is 10.1 Å². The molecule has 0 spiro atoms. The molecule has 4 rings (SSSR count). The van der Waals surface area contributed by atoms with Gasteiger partial charge in [-0.05, 0) is 31.2 Å². The maximum atomic E-state index is 13.9. The number of halogens is 2. The minimum absolute atomic E-state index is 0.0974. The van der Waals surface area contributed by atoms with Crippen LogP contribution in [0, 0.1) is 18.6 Å². The zero-order chi connectivity index (χ0) is 25.2. The predicted molar refractivity (Wildman–Crippen MR) is 122 cm³/mol. The maximum absolute atomic E-state index is 13.9. The van der Waals surface area contributed by atoms with Crippen LogP contribution in [0.2, 0.25) is 0 Å². The number of fused-ring (bicyclic) bond motifs is 1. The monoisotopic (exact) mass is 505 g/mol. The summed E-state index contributed by atoms with van der Waals surface area (Å²) in [6.07, 6.45) is 5.51. The summed E-state index contributed by atoms with van der Waals surface area (Å²) in [5.41, 5.74) is 1.11. The standard InChI is InChI=1S/C22H21F2N5O5S/c1-14-20(22(30)27-15-11-25-28(12-15)9-10-34-35(2,31)32)29-8-4-7-19(21(29)26-14)33-13-16-17(23)5-3-6-18(16)24/h3-8,11-12H,9-10,13H2,1-2H3,(H,27,30). The lowest BCUT2D eigenvalue weighted by atomic mass is 10.2. The number of ether oxygens (including phenoxy) is 1. The number of pyridine rings is 1. The molecule has 1 amide bonds. The summed E-state index contributed by atoms with van der Waals surface area (Å²) >= 11 is 0. The minimum Gasteiger partial charge on any atom is -0.485 e. The first-order valence-corrected chi connectivity index (χ1v) is 12.2. The Morgan fingerprint density at radius 3 is 2.63 bits per heavy atom. The van der Waals surface area contributed by atoms with Crippen molar-refractivity contribution in [2.75, 3.05) is 18.2 Å². The summed E-state index contributed by atoms with van der Waals surface area (Å²) in [7, 11) is -3.56. The van der Waals surface area contributed by atoms with Crippen molar-refractivity contribution < 1.29 is 30.9 Å². The fourth-order valence-corrected chi connectivity index (χ4v) is 3.76. The first-order chi connectivity index (χ1) is 16.6. The Morgan fingerprint density at radius 2 is 1.91 bits per heavy atom. The first kappa shape index (κ1) is 24.3. The summed E-state index contributed by atoms with van der Waals surface area (Å²) in [4.78, 5) is 17.4. The zero-order valence-corrected chi connectivity index (χ0v) is 19.6. The molecule has 0 atom stereocenters. The topological polar surface area (TPSA) is 117 Å². The van der Waals surface area contributed by atoms with Crippen molar-refractivity contribution in [2.45, 2.75) is 20.1 Å². The Morgan fingerprint density at radius 1 is 1.17 bits per heavy atom. The molecule has 0 bridgehead atoms. The number of anilines is 1. The summed E-state index contributed by atoms with van der Waals surface area (Å²) in [6, 6.07) is 6.77. The number of nitrogens with zero attached hydrogens (tertiary/aromatic N) is 4. The Balaban J connectivity index is 1.50. The molecule has 0 saturated carbocycles. The molecule has 0 aliphatic heterocycles. The van der Waals surface area contributed by atoms with Crippen LogP contribution in [0.1, 0.15) is 21.7 Å². The maximum Gasteiger partial charge on any atom is 0.274 e. The van der Waals surface area contributed by atoms with E-state index in [2.05, 4.69) is 19.6 Å². The summed E-state index contributed by atoms with van der Waals surface area (Å²) in [5.74, 6) is -1.67. The lowest BCUT2D eigenvalue weighted by molar-refractivity contribution is 0.102. The van der Waals surface area contributed by atoms with E-state index in [-0.39, 0.29) is 36.8 Å². The van der Waals surface area contributed by atoms with Crippen molar-refractivity contribution in [1.29, 1.82) is 0 Å². The average molecular weight is 506 g/mol. The molecule has 0 radical (unpaired) electrons. The van der Waals surface area contributed by atoms with E-state index < -0.39 is 27.7 Å². The second-order valence-electron chi connectivity index (χ2n) is 7.57. The summed E-state index contributed by atoms with van der Waals surface area (Å²) in [6.45, 7) is 1.36. The second-order valence-corrected chi connectivity index (χ2v) is 9.22. The number of rotatable bonds is 9. The SMILES string of the molecule is Cc1nc2c(OCc3c(F)cccc3F)cccn2c1C(=O)Nc1cnn(CCOS(C)(=O)=O)c1. The number of hydrogen-bond donors (Lipinski definition) is 1. The molecule has 35 heavy (non-hydrogen) atoms. The van der Waals surface area contributed by atoms with Gasteiger partial charge in [0.25, 0.3) is 16.0 Å². The zero-order valence-electron chi connectivity index (χ0n) is 18.7. The van der Waals surface area contributed by atoms with Gasteiger partial charge in [0.05, 0.1) is 42.5 Å². The number of benzene rings is 1. The third-order valence-electron chi connectivity index (χ3n) is 4.95. The number of aryl methyl sites for hydroxylation is 1. The number of imidazole rings is 1. The van der Waals surface area contributed by atoms with Gasteiger partial charge < -0.3 is 10.1 Å². The molecule has 1 aromatic carbocycles. The van der Waals surface area contributed by atoms with Crippen LogP contribution in [0.3, 0.4) is 0 Å². The van der Waals surface area contributed by atoms with Gasteiger partial charge in [0.15, 0.2) is 11.4 Å². The molecule has 0 fully saturated rings. The number of carbonyl (C=O) groups is 1. The lowest BCUT2D eigenvalue weighted by Crippen LogP contribution is -2.15. The van der Waals surface area contributed by atoms with Crippen LogP contribution in [0.15, 0.2) is 48.9 Å². The molecular formula is C22H21F2N5O5S. The quantitative estimate of drug-likeness (QED) is 0.348. The Labute approximate surface area is 199 Å². The minimum atomic E-state index is -3.56. The molecule has 3 aromatic heterocycles. The van der Waals surface area contributed by atoms with Crippen molar-refractivity contribution in [1.82, 2.24) is 19.2 Å². The van der Waals surface area contributed by atoms with Crippen molar-refractivity contribution in [3.63, 3.8) is 0 Å². The molecular weight excluding hydrogens is 484 g/mol. The van der Waals surface area contributed by atoms with Crippen molar-refractivity contribution >= 4 is 27.4 Å². The van der Waals surface area contributed by atoms with E-state index in [1.165, 1.54) is 27.5 Å². The number of hydrogen-bond acceptors (Lipinski definition) is 7. The van der Waals surface area contributed by atoms with E-state index in [4.69, 9.17) is 4.74 Å². The smallest absolute Gasteiger partial charge is 0.274 e. The molecule has 0 saturated heterocycles. The van der Waals surface area contributed by atoms with Gasteiger partial charge in [-0.3, -0.25) is 18.1 Å². The molecule has 10 nitrogen and oxygen atoms in total. The molecule has 184 valence electrons. The van der Waals surface area contributed by atoms with E-state index in [9.17, 15) is 22.0 Å². The van der Waals surface area contributed by atoms with Crippen LogP contribution >= 0.6 is 0 Å². The molecule has 0 aliphatic carbocycles. The highest BCUT2D eigenvalue weighted by atomic mass is 32.2. The third-order valence-corrected chi connectivity index (χ3v) is 5.54. The van der Waals surface area contributed by atoms with Gasteiger partial charge in [0, 0.05) is 12.4 Å². The number of aromatic nitrogens is 4. The van der Waals surface area contributed by atoms with Gasteiger partial charge in [0.1, 0.15) is 23.9 Å². The molecule has 13 heteroatoms. The van der Waals surface area contributed by atoms with E-state index in [1.54, 1.807) is 25.3 Å². The van der Waals surface area contributed by atoms with Gasteiger partial charge in [0.2, 0.25) is 0 Å². The molecule has 0 aliphatic rings. The molecule has 0 unspecified atom stereocenters. The first-order valence-electron chi connectivity index (χ1n) is 10.3. The molecule has 1 N–H and O–H groups in total. The number of carbonyl (C=O) groups excluding carboxylic acids is 1. The fourth-order valence-electron chi connectivity index (χ4n) is 3.39. The predicted octanol–water partition coefficient (Wildman–Crippen LogP) is 2.92. The lowest BCUT2D eigenvalue weighted by Gasteiger charge is -2.09. The fraction of sp³-hybridized carbons (Fsp3) is 0.227. The highest BCUT2D eigenvalue weighted by Crippen LogP contribution is 2.24. The van der Waals surface area contributed by atoms with Gasteiger partial charge >= 0.3 is 0 Å². The Hall–Kier alpha value is -3.84. The van der Waals surface area contributed by atoms with Gasteiger partial charge in [-0.25, -0.2) is 13.8 Å². The van der Waals surface area contributed by atoms with Crippen molar-refractivity contribution in [3.8, 4) is 5.75 Å². The van der Waals surface area contributed by atoms with Crippen LogP contribution in [0.4, 0.5) is 14.5 Å². The van der Waals surface area contributed by atoms with Crippen molar-refractivity contribution in [3.05, 3.63) is 77.5 Å². The van der Waals surface area contributed by atoms with Crippen LogP contribution in [0.5, 0.6) is 5.75 Å². The molecule has 3 heterocycles. The highest BCUT2D eigenvalue weighted by molar-refractivity contribution is 7.85. The number of nitrogens with one attached hydrogen (secondary N) is 1. The Kier molecular flexibility index (Phi) is 6.80. The van der Waals surface area contributed by atoms with Crippen LogP contribution in [-0.2, 0) is 27.5 Å². The van der Waals surface area contributed by atoms with Crippen molar-refractivity contribution in [2.24, 2.45) is 0 Å². The second kappa shape index (κ2) is 9.80. The van der Waals surface area contributed by atoms with E-state index in [0.29, 0.717) is 17.0 Å².